The highest BCUT2D eigenvalue weighted by Gasteiger charge is 2.31. The molecule has 5 nitrogen and oxygen atoms in total. The Morgan fingerprint density at radius 1 is 1.29 bits per heavy atom. The van der Waals surface area contributed by atoms with Gasteiger partial charge in [-0.25, -0.2) is 4.79 Å². The van der Waals surface area contributed by atoms with Gasteiger partial charge in [0.05, 0.1) is 5.56 Å². The van der Waals surface area contributed by atoms with Crippen molar-refractivity contribution in [2.24, 2.45) is 17.6 Å². The number of carbonyl (C=O) groups is 2. The number of aromatic carboxylic acids is 1. The second-order valence-corrected chi connectivity index (χ2v) is 5.54. The summed E-state index contributed by atoms with van der Waals surface area (Å²) in [6.45, 7) is 1.01. The largest absolute Gasteiger partial charge is 0.478 e. The minimum Gasteiger partial charge on any atom is -0.478 e. The molecular weight excluding hydrogens is 268 g/mol. The monoisotopic (exact) mass is 290 g/mol. The van der Waals surface area contributed by atoms with Gasteiger partial charge in [0.2, 0.25) is 5.91 Å². The van der Waals surface area contributed by atoms with Gasteiger partial charge in [0.15, 0.2) is 0 Å². The van der Waals surface area contributed by atoms with Crippen LogP contribution in [-0.2, 0) is 11.2 Å². The minimum atomic E-state index is -0.934. The minimum absolute atomic E-state index is 0.0183. The number of amides is 1. The van der Waals surface area contributed by atoms with Gasteiger partial charge >= 0.3 is 5.97 Å². The molecule has 21 heavy (non-hydrogen) atoms. The molecular formula is C16H22N2O3. The van der Waals surface area contributed by atoms with Crippen molar-refractivity contribution in [3.63, 3.8) is 0 Å². The molecule has 0 radical (unpaired) electrons. The fourth-order valence-electron chi connectivity index (χ4n) is 3.06. The van der Waals surface area contributed by atoms with Gasteiger partial charge in [-0.15, -0.1) is 0 Å². The van der Waals surface area contributed by atoms with E-state index >= 15 is 0 Å². The second-order valence-electron chi connectivity index (χ2n) is 5.54. The Bertz CT molecular complexity index is 516. The van der Waals surface area contributed by atoms with E-state index in [4.69, 9.17) is 10.8 Å². The van der Waals surface area contributed by atoms with Crippen molar-refractivity contribution in [3.8, 4) is 0 Å². The van der Waals surface area contributed by atoms with Crippen molar-refractivity contribution in [2.45, 2.75) is 25.7 Å². The van der Waals surface area contributed by atoms with Crippen LogP contribution < -0.4 is 11.1 Å². The Labute approximate surface area is 124 Å². The average molecular weight is 290 g/mol. The number of rotatable bonds is 6. The average Bonchev–Trinajstić information content (AvgIpc) is 2.96. The molecule has 1 aromatic carbocycles. The molecule has 1 aromatic rings. The van der Waals surface area contributed by atoms with Crippen LogP contribution >= 0.6 is 0 Å². The fraction of sp³-hybridized carbons (Fsp3) is 0.500. The van der Waals surface area contributed by atoms with Crippen molar-refractivity contribution >= 4 is 11.9 Å². The van der Waals surface area contributed by atoms with Gasteiger partial charge in [0, 0.05) is 12.5 Å². The summed E-state index contributed by atoms with van der Waals surface area (Å²) < 4.78 is 0. The Kier molecular flexibility index (Phi) is 5.33. The van der Waals surface area contributed by atoms with Crippen LogP contribution in [0.4, 0.5) is 0 Å². The van der Waals surface area contributed by atoms with Gasteiger partial charge in [-0.2, -0.15) is 0 Å². The molecule has 2 rings (SSSR count). The third-order valence-corrected chi connectivity index (χ3v) is 4.24. The first kappa shape index (κ1) is 15.5. The van der Waals surface area contributed by atoms with Gasteiger partial charge in [0.1, 0.15) is 0 Å². The summed E-state index contributed by atoms with van der Waals surface area (Å²) in [6, 6.07) is 6.88. The van der Waals surface area contributed by atoms with E-state index in [1.165, 1.54) is 0 Å². The SMILES string of the molecule is NCC1CCCC1C(=O)NCCc1ccccc1C(=O)O. The predicted octanol–water partition coefficient (Wildman–Crippen LogP) is 1.42. The van der Waals surface area contributed by atoms with Crippen LogP contribution in [-0.4, -0.2) is 30.1 Å². The smallest absolute Gasteiger partial charge is 0.335 e. The first-order chi connectivity index (χ1) is 10.1. The third kappa shape index (κ3) is 3.82. The molecule has 0 aliphatic heterocycles. The molecule has 0 saturated heterocycles. The summed E-state index contributed by atoms with van der Waals surface area (Å²) >= 11 is 0. The number of carboxylic acid groups (broad SMARTS) is 1. The van der Waals surface area contributed by atoms with Crippen LogP contribution in [0, 0.1) is 11.8 Å². The topological polar surface area (TPSA) is 92.4 Å². The number of hydrogen-bond acceptors (Lipinski definition) is 3. The zero-order valence-corrected chi connectivity index (χ0v) is 12.0. The summed E-state index contributed by atoms with van der Waals surface area (Å²) in [5.74, 6) is -0.576. The molecule has 1 fully saturated rings. The molecule has 5 heteroatoms. The standard InChI is InChI=1S/C16H22N2O3/c17-10-12-5-3-7-13(12)15(19)18-9-8-11-4-1-2-6-14(11)16(20)21/h1-2,4,6,12-13H,3,5,7-10,17H2,(H,18,19)(H,20,21). The normalized spacial score (nSPS) is 21.2. The van der Waals surface area contributed by atoms with E-state index in [1.54, 1.807) is 18.2 Å². The number of nitrogens with one attached hydrogen (secondary N) is 1. The molecule has 1 amide bonds. The maximum absolute atomic E-state index is 12.1. The molecule has 1 aliphatic rings. The third-order valence-electron chi connectivity index (χ3n) is 4.24. The summed E-state index contributed by atoms with van der Waals surface area (Å²) in [4.78, 5) is 23.2. The van der Waals surface area contributed by atoms with Crippen LogP contribution in [0.1, 0.15) is 35.2 Å². The van der Waals surface area contributed by atoms with E-state index in [1.807, 2.05) is 6.07 Å². The Hall–Kier alpha value is -1.88. The summed E-state index contributed by atoms with van der Waals surface area (Å²) in [6.07, 6.45) is 3.51. The van der Waals surface area contributed by atoms with Crippen LogP contribution in [0.15, 0.2) is 24.3 Å². The number of carbonyl (C=O) groups excluding carboxylic acids is 1. The van der Waals surface area contributed by atoms with E-state index in [0.29, 0.717) is 25.1 Å². The highest BCUT2D eigenvalue weighted by atomic mass is 16.4. The Balaban J connectivity index is 1.87. The van der Waals surface area contributed by atoms with E-state index in [-0.39, 0.29) is 17.7 Å². The zero-order chi connectivity index (χ0) is 15.2. The maximum atomic E-state index is 12.1. The van der Waals surface area contributed by atoms with Crippen molar-refractivity contribution < 1.29 is 14.7 Å². The lowest BCUT2D eigenvalue weighted by Gasteiger charge is -2.17. The maximum Gasteiger partial charge on any atom is 0.335 e. The zero-order valence-electron chi connectivity index (χ0n) is 12.0. The lowest BCUT2D eigenvalue weighted by atomic mass is 9.95. The molecule has 1 aliphatic carbocycles. The molecule has 0 bridgehead atoms. The number of benzene rings is 1. The van der Waals surface area contributed by atoms with Gasteiger partial charge in [-0.1, -0.05) is 24.6 Å². The molecule has 0 spiro atoms. The van der Waals surface area contributed by atoms with Crippen molar-refractivity contribution in [2.75, 3.05) is 13.1 Å². The lowest BCUT2D eigenvalue weighted by molar-refractivity contribution is -0.125. The summed E-state index contributed by atoms with van der Waals surface area (Å²) in [5, 5.41) is 12.0. The van der Waals surface area contributed by atoms with E-state index < -0.39 is 5.97 Å². The van der Waals surface area contributed by atoms with Crippen LogP contribution in [0.2, 0.25) is 0 Å². The molecule has 1 saturated carbocycles. The van der Waals surface area contributed by atoms with Gasteiger partial charge < -0.3 is 16.2 Å². The predicted molar refractivity (Wildman–Crippen MR) is 80.0 cm³/mol. The first-order valence-corrected chi connectivity index (χ1v) is 7.42. The molecule has 2 unspecified atom stereocenters. The van der Waals surface area contributed by atoms with Gasteiger partial charge in [-0.05, 0) is 43.4 Å². The summed E-state index contributed by atoms with van der Waals surface area (Å²) in [7, 11) is 0. The quantitative estimate of drug-likeness (QED) is 0.738. The lowest BCUT2D eigenvalue weighted by Crippen LogP contribution is -2.36. The van der Waals surface area contributed by atoms with Crippen molar-refractivity contribution in [1.82, 2.24) is 5.32 Å². The number of nitrogens with two attached hydrogens (primary N) is 1. The van der Waals surface area contributed by atoms with E-state index in [0.717, 1.165) is 24.8 Å². The van der Waals surface area contributed by atoms with Gasteiger partial charge in [0.25, 0.3) is 0 Å². The molecule has 114 valence electrons. The second kappa shape index (κ2) is 7.22. The van der Waals surface area contributed by atoms with Crippen LogP contribution in [0.5, 0.6) is 0 Å². The summed E-state index contributed by atoms with van der Waals surface area (Å²) in [5.41, 5.74) is 6.73. The number of hydrogen-bond donors (Lipinski definition) is 3. The van der Waals surface area contributed by atoms with Crippen molar-refractivity contribution in [3.05, 3.63) is 35.4 Å². The first-order valence-electron chi connectivity index (χ1n) is 7.42. The fourth-order valence-corrected chi connectivity index (χ4v) is 3.06. The number of carboxylic acids is 1. The molecule has 4 N–H and O–H groups in total. The highest BCUT2D eigenvalue weighted by Crippen LogP contribution is 2.30. The van der Waals surface area contributed by atoms with E-state index in [9.17, 15) is 9.59 Å². The van der Waals surface area contributed by atoms with Gasteiger partial charge in [-0.3, -0.25) is 4.79 Å². The Morgan fingerprint density at radius 2 is 2.05 bits per heavy atom. The van der Waals surface area contributed by atoms with Crippen LogP contribution in [0.3, 0.4) is 0 Å². The highest BCUT2D eigenvalue weighted by molar-refractivity contribution is 5.89. The molecule has 2 atom stereocenters. The Morgan fingerprint density at radius 3 is 2.76 bits per heavy atom. The molecule has 0 heterocycles. The molecule has 0 aromatic heterocycles. The van der Waals surface area contributed by atoms with E-state index in [2.05, 4.69) is 5.32 Å². The van der Waals surface area contributed by atoms with Crippen LogP contribution in [0.25, 0.3) is 0 Å². The van der Waals surface area contributed by atoms with Crippen molar-refractivity contribution in [1.29, 1.82) is 0 Å².